The van der Waals surface area contributed by atoms with Crippen LogP contribution in [0.3, 0.4) is 0 Å². The molecule has 1 rings (SSSR count). The summed E-state index contributed by atoms with van der Waals surface area (Å²) in [5.41, 5.74) is 0.926. The number of phenolic OH excluding ortho intramolecular Hbond substituents is 1. The number of hydrogen-bond donors (Lipinski definition) is 2. The van der Waals surface area contributed by atoms with Crippen LogP contribution in [0, 0.1) is 0 Å². The Labute approximate surface area is 101 Å². The highest BCUT2D eigenvalue weighted by atomic mass is 16.5. The smallest absolute Gasteiger partial charge is 0.233 e. The van der Waals surface area contributed by atoms with E-state index in [1.165, 1.54) is 7.11 Å². The monoisotopic (exact) mass is 238 g/mol. The largest absolute Gasteiger partial charge is 0.504 e. The third kappa shape index (κ3) is 3.96. The highest BCUT2D eigenvalue weighted by Gasteiger charge is 2.07. The third-order valence-corrected chi connectivity index (χ3v) is 2.39. The van der Waals surface area contributed by atoms with Crippen LogP contribution in [0.1, 0.15) is 5.56 Å². The highest BCUT2D eigenvalue weighted by molar-refractivity contribution is 5.77. The topological polar surface area (TPSA) is 61.8 Å². The van der Waals surface area contributed by atoms with Crippen molar-refractivity contribution in [3.05, 3.63) is 23.8 Å². The predicted molar refractivity (Wildman–Crippen MR) is 65.1 cm³/mol. The average Bonchev–Trinajstić information content (AvgIpc) is 2.29. The number of methoxy groups -OCH3 is 1. The van der Waals surface area contributed by atoms with Crippen molar-refractivity contribution in [2.24, 2.45) is 0 Å². The normalized spacial score (nSPS) is 10.4. The summed E-state index contributed by atoms with van der Waals surface area (Å²) in [4.78, 5) is 13.0. The van der Waals surface area contributed by atoms with Gasteiger partial charge in [-0.15, -0.1) is 0 Å². The van der Waals surface area contributed by atoms with E-state index in [2.05, 4.69) is 5.32 Å². The summed E-state index contributed by atoms with van der Waals surface area (Å²) in [6, 6.07) is 5.20. The van der Waals surface area contributed by atoms with Crippen LogP contribution in [-0.4, -0.2) is 43.7 Å². The molecule has 0 radical (unpaired) electrons. The van der Waals surface area contributed by atoms with Crippen molar-refractivity contribution >= 4 is 5.91 Å². The van der Waals surface area contributed by atoms with Crippen LogP contribution in [0.5, 0.6) is 11.5 Å². The van der Waals surface area contributed by atoms with Crippen LogP contribution in [-0.2, 0) is 11.3 Å². The van der Waals surface area contributed by atoms with Gasteiger partial charge in [0.05, 0.1) is 13.7 Å². The molecule has 0 spiro atoms. The molecule has 5 nitrogen and oxygen atoms in total. The molecule has 0 aliphatic carbocycles. The molecule has 0 aromatic heterocycles. The second-order valence-electron chi connectivity index (χ2n) is 3.85. The van der Waals surface area contributed by atoms with Gasteiger partial charge in [-0.1, -0.05) is 6.07 Å². The Balaban J connectivity index is 2.62. The lowest BCUT2D eigenvalue weighted by atomic mass is 10.2. The van der Waals surface area contributed by atoms with Gasteiger partial charge in [-0.05, 0) is 24.7 Å². The van der Waals surface area contributed by atoms with Gasteiger partial charge in [0.15, 0.2) is 11.5 Å². The standard InChI is InChI=1S/C12H18N2O3/c1-13-12(16)8-14(2)7-9-4-5-11(17-3)10(15)6-9/h4-6,15H,7-8H2,1-3H3,(H,13,16). The minimum Gasteiger partial charge on any atom is -0.504 e. The summed E-state index contributed by atoms with van der Waals surface area (Å²) in [7, 11) is 4.96. The fourth-order valence-corrected chi connectivity index (χ4v) is 1.53. The van der Waals surface area contributed by atoms with Gasteiger partial charge in [-0.3, -0.25) is 9.69 Å². The van der Waals surface area contributed by atoms with Gasteiger partial charge in [0.25, 0.3) is 0 Å². The zero-order valence-corrected chi connectivity index (χ0v) is 10.4. The number of carbonyl (C=O) groups excluding carboxylic acids is 1. The number of hydrogen-bond acceptors (Lipinski definition) is 4. The van der Waals surface area contributed by atoms with Crippen molar-refractivity contribution in [3.8, 4) is 11.5 Å². The lowest BCUT2D eigenvalue weighted by Crippen LogP contribution is -2.32. The molecule has 0 aliphatic heterocycles. The Morgan fingerprint density at radius 2 is 2.24 bits per heavy atom. The van der Waals surface area contributed by atoms with Crippen molar-refractivity contribution in [1.82, 2.24) is 10.2 Å². The van der Waals surface area contributed by atoms with E-state index in [-0.39, 0.29) is 11.7 Å². The molecule has 17 heavy (non-hydrogen) atoms. The third-order valence-electron chi connectivity index (χ3n) is 2.39. The number of nitrogens with one attached hydrogen (secondary N) is 1. The van der Waals surface area contributed by atoms with E-state index >= 15 is 0 Å². The van der Waals surface area contributed by atoms with Crippen molar-refractivity contribution in [2.75, 3.05) is 27.7 Å². The summed E-state index contributed by atoms with van der Waals surface area (Å²) < 4.78 is 4.96. The fourth-order valence-electron chi connectivity index (χ4n) is 1.53. The summed E-state index contributed by atoms with van der Waals surface area (Å²) in [6.45, 7) is 0.911. The van der Waals surface area contributed by atoms with Crippen LogP contribution in [0.4, 0.5) is 0 Å². The zero-order valence-electron chi connectivity index (χ0n) is 10.4. The van der Waals surface area contributed by atoms with Crippen LogP contribution >= 0.6 is 0 Å². The molecule has 1 aromatic carbocycles. The number of likely N-dealkylation sites (N-methyl/N-ethyl adjacent to an activating group) is 2. The lowest BCUT2D eigenvalue weighted by Gasteiger charge is -2.16. The number of aromatic hydroxyl groups is 1. The van der Waals surface area contributed by atoms with Crippen molar-refractivity contribution in [2.45, 2.75) is 6.54 Å². The molecular weight excluding hydrogens is 220 g/mol. The number of carbonyl (C=O) groups is 1. The number of rotatable bonds is 5. The SMILES string of the molecule is CNC(=O)CN(C)Cc1ccc(OC)c(O)c1. The number of benzene rings is 1. The first-order valence-electron chi connectivity index (χ1n) is 5.31. The number of amides is 1. The first-order chi connectivity index (χ1) is 8.06. The summed E-state index contributed by atoms with van der Waals surface area (Å²) in [5.74, 6) is 0.520. The van der Waals surface area contributed by atoms with Gasteiger partial charge in [0, 0.05) is 13.6 Å². The second kappa shape index (κ2) is 6.10. The fraction of sp³-hybridized carbons (Fsp3) is 0.417. The van der Waals surface area contributed by atoms with Crippen molar-refractivity contribution in [3.63, 3.8) is 0 Å². The van der Waals surface area contributed by atoms with Gasteiger partial charge in [0.2, 0.25) is 5.91 Å². The van der Waals surface area contributed by atoms with Crippen molar-refractivity contribution < 1.29 is 14.6 Å². The summed E-state index contributed by atoms with van der Waals surface area (Å²) in [6.07, 6.45) is 0. The molecule has 0 bridgehead atoms. The molecule has 0 saturated carbocycles. The molecular formula is C12H18N2O3. The Hall–Kier alpha value is -1.75. The minimum atomic E-state index is -0.0368. The van der Waals surface area contributed by atoms with E-state index in [1.807, 2.05) is 18.0 Å². The molecule has 0 atom stereocenters. The van der Waals surface area contributed by atoms with Crippen LogP contribution in [0.25, 0.3) is 0 Å². The van der Waals surface area contributed by atoms with Crippen LogP contribution < -0.4 is 10.1 Å². The zero-order chi connectivity index (χ0) is 12.8. The van der Waals surface area contributed by atoms with Gasteiger partial charge in [-0.2, -0.15) is 0 Å². The summed E-state index contributed by atoms with van der Waals surface area (Å²) >= 11 is 0. The molecule has 1 aromatic rings. The molecule has 94 valence electrons. The maximum Gasteiger partial charge on any atom is 0.233 e. The van der Waals surface area contributed by atoms with Gasteiger partial charge in [0.1, 0.15) is 0 Å². The van der Waals surface area contributed by atoms with Crippen LogP contribution in [0.15, 0.2) is 18.2 Å². The van der Waals surface area contributed by atoms with E-state index in [0.29, 0.717) is 18.8 Å². The second-order valence-corrected chi connectivity index (χ2v) is 3.85. The first-order valence-corrected chi connectivity index (χ1v) is 5.31. The van der Waals surface area contributed by atoms with Gasteiger partial charge >= 0.3 is 0 Å². The Bertz CT molecular complexity index is 393. The number of ether oxygens (including phenoxy) is 1. The van der Waals surface area contributed by atoms with E-state index < -0.39 is 0 Å². The van der Waals surface area contributed by atoms with E-state index in [4.69, 9.17) is 4.74 Å². The van der Waals surface area contributed by atoms with E-state index in [9.17, 15) is 9.90 Å². The molecule has 0 aliphatic rings. The van der Waals surface area contributed by atoms with E-state index in [1.54, 1.807) is 19.2 Å². The Morgan fingerprint density at radius 3 is 2.76 bits per heavy atom. The molecule has 0 unspecified atom stereocenters. The molecule has 0 heterocycles. The minimum absolute atomic E-state index is 0.0368. The Morgan fingerprint density at radius 1 is 1.53 bits per heavy atom. The maximum atomic E-state index is 11.2. The average molecular weight is 238 g/mol. The van der Waals surface area contributed by atoms with Gasteiger partial charge < -0.3 is 15.2 Å². The van der Waals surface area contributed by atoms with Crippen molar-refractivity contribution in [1.29, 1.82) is 0 Å². The number of nitrogens with zero attached hydrogens (tertiary/aromatic N) is 1. The molecule has 5 heteroatoms. The van der Waals surface area contributed by atoms with Crippen LogP contribution in [0.2, 0.25) is 0 Å². The summed E-state index contributed by atoms with van der Waals surface area (Å²) in [5, 5.41) is 12.2. The van der Waals surface area contributed by atoms with Gasteiger partial charge in [-0.25, -0.2) is 0 Å². The lowest BCUT2D eigenvalue weighted by molar-refractivity contribution is -0.121. The quantitative estimate of drug-likeness (QED) is 0.787. The molecule has 1 amide bonds. The number of phenols is 1. The highest BCUT2D eigenvalue weighted by Crippen LogP contribution is 2.26. The van der Waals surface area contributed by atoms with E-state index in [0.717, 1.165) is 5.56 Å². The predicted octanol–water partition coefficient (Wildman–Crippen LogP) is 0.579. The molecule has 0 fully saturated rings. The maximum absolute atomic E-state index is 11.2. The molecule has 2 N–H and O–H groups in total. The first kappa shape index (κ1) is 13.3. The molecule has 0 saturated heterocycles. The Kier molecular flexibility index (Phi) is 4.78.